The van der Waals surface area contributed by atoms with Gasteiger partial charge in [0.25, 0.3) is 0 Å². The Morgan fingerprint density at radius 2 is 2.11 bits per heavy atom. The molecule has 0 bridgehead atoms. The van der Waals surface area contributed by atoms with Crippen LogP contribution in [0, 0.1) is 0 Å². The highest BCUT2D eigenvalue weighted by Gasteiger charge is 2.22. The van der Waals surface area contributed by atoms with E-state index in [1.165, 1.54) is 0 Å². The molecular formula is C7H14O2. The molecule has 1 fully saturated rings. The average molecular weight is 130 g/mol. The minimum absolute atomic E-state index is 0.134. The van der Waals surface area contributed by atoms with E-state index in [0.717, 1.165) is 19.3 Å². The van der Waals surface area contributed by atoms with Crippen LogP contribution in [-0.4, -0.2) is 23.9 Å². The van der Waals surface area contributed by atoms with Gasteiger partial charge in [-0.15, -0.1) is 0 Å². The fourth-order valence-corrected chi connectivity index (χ4v) is 1.21. The van der Waals surface area contributed by atoms with Crippen molar-refractivity contribution in [2.45, 2.75) is 38.4 Å². The van der Waals surface area contributed by atoms with E-state index in [1.807, 2.05) is 0 Å². The lowest BCUT2D eigenvalue weighted by molar-refractivity contribution is 0.0106. The van der Waals surface area contributed by atoms with Gasteiger partial charge >= 0.3 is 0 Å². The second-order valence-corrected chi connectivity index (χ2v) is 2.55. The number of aliphatic hydroxyl groups excluding tert-OH is 1. The molecule has 1 heterocycles. The van der Waals surface area contributed by atoms with Crippen LogP contribution >= 0.6 is 0 Å². The van der Waals surface area contributed by atoms with Gasteiger partial charge < -0.3 is 9.84 Å². The molecule has 0 spiro atoms. The fourth-order valence-electron chi connectivity index (χ4n) is 1.21. The molecule has 2 heteroatoms. The van der Waals surface area contributed by atoms with Crippen LogP contribution in [0.25, 0.3) is 0 Å². The molecule has 1 saturated heterocycles. The topological polar surface area (TPSA) is 29.5 Å². The second kappa shape index (κ2) is 3.18. The number of hydrogen-bond donors (Lipinski definition) is 1. The maximum Gasteiger partial charge on any atom is 0.0810 e. The lowest BCUT2D eigenvalue weighted by Crippen LogP contribution is -2.13. The Morgan fingerprint density at radius 3 is 2.44 bits per heavy atom. The van der Waals surface area contributed by atoms with Crippen molar-refractivity contribution in [3.8, 4) is 0 Å². The van der Waals surface area contributed by atoms with Crippen LogP contribution in [0.1, 0.15) is 26.2 Å². The SMILES string of the molecule is CCC1CC[C@@H](CO)O1. The van der Waals surface area contributed by atoms with Gasteiger partial charge in [0.1, 0.15) is 0 Å². The monoisotopic (exact) mass is 130 g/mol. The lowest BCUT2D eigenvalue weighted by atomic mass is 10.2. The summed E-state index contributed by atoms with van der Waals surface area (Å²) in [5.74, 6) is 0. The Kier molecular flexibility index (Phi) is 2.49. The second-order valence-electron chi connectivity index (χ2n) is 2.55. The van der Waals surface area contributed by atoms with Gasteiger partial charge in [-0.25, -0.2) is 0 Å². The van der Waals surface area contributed by atoms with E-state index < -0.39 is 0 Å². The summed E-state index contributed by atoms with van der Waals surface area (Å²) in [6.07, 6.45) is 3.80. The Labute approximate surface area is 55.8 Å². The van der Waals surface area contributed by atoms with Crippen LogP contribution in [-0.2, 0) is 4.74 Å². The van der Waals surface area contributed by atoms with Gasteiger partial charge in [0.15, 0.2) is 0 Å². The van der Waals surface area contributed by atoms with Crippen LogP contribution in [0.5, 0.6) is 0 Å². The van der Waals surface area contributed by atoms with Gasteiger partial charge in [-0.2, -0.15) is 0 Å². The summed E-state index contributed by atoms with van der Waals surface area (Å²) < 4.78 is 5.41. The molecule has 0 aliphatic carbocycles. The minimum Gasteiger partial charge on any atom is -0.394 e. The summed E-state index contributed by atoms with van der Waals surface area (Å²) in [6.45, 7) is 2.31. The van der Waals surface area contributed by atoms with Gasteiger partial charge in [0, 0.05) is 0 Å². The first-order valence-electron chi connectivity index (χ1n) is 3.63. The van der Waals surface area contributed by atoms with Crippen LogP contribution in [0.4, 0.5) is 0 Å². The van der Waals surface area contributed by atoms with E-state index in [0.29, 0.717) is 6.10 Å². The van der Waals surface area contributed by atoms with E-state index in [1.54, 1.807) is 0 Å². The molecule has 0 aromatic heterocycles. The molecular weight excluding hydrogens is 116 g/mol. The van der Waals surface area contributed by atoms with Crippen LogP contribution in [0.15, 0.2) is 0 Å². The summed E-state index contributed by atoms with van der Waals surface area (Å²) >= 11 is 0. The van der Waals surface area contributed by atoms with Crippen molar-refractivity contribution in [1.82, 2.24) is 0 Å². The van der Waals surface area contributed by atoms with Crippen LogP contribution < -0.4 is 0 Å². The third-order valence-electron chi connectivity index (χ3n) is 1.85. The normalized spacial score (nSPS) is 35.3. The minimum atomic E-state index is 0.134. The third-order valence-corrected chi connectivity index (χ3v) is 1.85. The van der Waals surface area contributed by atoms with Crippen molar-refractivity contribution in [2.24, 2.45) is 0 Å². The van der Waals surface area contributed by atoms with Gasteiger partial charge in [-0.1, -0.05) is 6.92 Å². The first-order valence-corrected chi connectivity index (χ1v) is 3.63. The molecule has 1 N–H and O–H groups in total. The predicted molar refractivity (Wildman–Crippen MR) is 35.3 cm³/mol. The highest BCUT2D eigenvalue weighted by atomic mass is 16.5. The Morgan fingerprint density at radius 1 is 1.44 bits per heavy atom. The van der Waals surface area contributed by atoms with E-state index >= 15 is 0 Å². The first kappa shape index (κ1) is 7.03. The van der Waals surface area contributed by atoms with Gasteiger partial charge in [-0.3, -0.25) is 0 Å². The molecule has 0 aromatic rings. The zero-order valence-corrected chi connectivity index (χ0v) is 5.84. The Balaban J connectivity index is 2.20. The van der Waals surface area contributed by atoms with E-state index in [4.69, 9.17) is 9.84 Å². The molecule has 1 unspecified atom stereocenters. The number of ether oxygens (including phenoxy) is 1. The molecule has 0 saturated carbocycles. The van der Waals surface area contributed by atoms with Crippen molar-refractivity contribution in [1.29, 1.82) is 0 Å². The lowest BCUT2D eigenvalue weighted by Gasteiger charge is -2.08. The maximum atomic E-state index is 8.65. The van der Waals surface area contributed by atoms with Crippen molar-refractivity contribution in [3.63, 3.8) is 0 Å². The maximum absolute atomic E-state index is 8.65. The quantitative estimate of drug-likeness (QED) is 0.602. The van der Waals surface area contributed by atoms with Crippen LogP contribution in [0.3, 0.4) is 0 Å². The average Bonchev–Trinajstić information content (AvgIpc) is 2.34. The highest BCUT2D eigenvalue weighted by Crippen LogP contribution is 2.20. The van der Waals surface area contributed by atoms with Crippen molar-refractivity contribution >= 4 is 0 Å². The molecule has 0 amide bonds. The van der Waals surface area contributed by atoms with Crippen molar-refractivity contribution in [2.75, 3.05) is 6.61 Å². The molecule has 1 rings (SSSR count). The molecule has 1 aliphatic heterocycles. The summed E-state index contributed by atoms with van der Waals surface area (Å²) in [6, 6.07) is 0. The predicted octanol–water partition coefficient (Wildman–Crippen LogP) is 0.936. The summed E-state index contributed by atoms with van der Waals surface area (Å²) in [5, 5.41) is 8.65. The number of rotatable bonds is 2. The van der Waals surface area contributed by atoms with E-state index in [-0.39, 0.29) is 12.7 Å². The summed E-state index contributed by atoms with van der Waals surface area (Å²) in [7, 11) is 0. The standard InChI is InChI=1S/C7H14O2/c1-2-6-3-4-7(5-8)9-6/h6-8H,2-5H2,1H3/t6?,7-/m0/s1. The largest absolute Gasteiger partial charge is 0.394 e. The van der Waals surface area contributed by atoms with Gasteiger partial charge in [0.2, 0.25) is 0 Å². The molecule has 0 aromatic carbocycles. The highest BCUT2D eigenvalue weighted by molar-refractivity contribution is 4.71. The van der Waals surface area contributed by atoms with E-state index in [9.17, 15) is 0 Å². The number of hydrogen-bond acceptors (Lipinski definition) is 2. The Bertz CT molecular complexity index is 73.0. The fraction of sp³-hybridized carbons (Fsp3) is 1.00. The van der Waals surface area contributed by atoms with Gasteiger partial charge in [-0.05, 0) is 19.3 Å². The molecule has 1 aliphatic rings. The van der Waals surface area contributed by atoms with Crippen molar-refractivity contribution in [3.05, 3.63) is 0 Å². The van der Waals surface area contributed by atoms with Crippen molar-refractivity contribution < 1.29 is 9.84 Å². The molecule has 0 radical (unpaired) electrons. The molecule has 54 valence electrons. The third kappa shape index (κ3) is 1.66. The zero-order valence-electron chi connectivity index (χ0n) is 5.84. The molecule has 9 heavy (non-hydrogen) atoms. The molecule has 2 atom stereocenters. The summed E-state index contributed by atoms with van der Waals surface area (Å²) in [5.41, 5.74) is 0. The van der Waals surface area contributed by atoms with Crippen LogP contribution in [0.2, 0.25) is 0 Å². The zero-order chi connectivity index (χ0) is 6.69. The first-order chi connectivity index (χ1) is 4.36. The summed E-state index contributed by atoms with van der Waals surface area (Å²) in [4.78, 5) is 0. The number of aliphatic hydroxyl groups is 1. The Hall–Kier alpha value is -0.0800. The van der Waals surface area contributed by atoms with Gasteiger partial charge in [0.05, 0.1) is 18.8 Å². The van der Waals surface area contributed by atoms with E-state index in [2.05, 4.69) is 6.92 Å². The smallest absolute Gasteiger partial charge is 0.0810 e. The molecule has 2 nitrogen and oxygen atoms in total.